The summed E-state index contributed by atoms with van der Waals surface area (Å²) in [4.78, 5) is 0. The third-order valence-corrected chi connectivity index (χ3v) is 3.64. The van der Waals surface area contributed by atoms with E-state index < -0.39 is 0 Å². The Labute approximate surface area is 100 Å². The van der Waals surface area contributed by atoms with Gasteiger partial charge in [0.25, 0.3) is 0 Å². The summed E-state index contributed by atoms with van der Waals surface area (Å²) in [6, 6.07) is 0.831. The third kappa shape index (κ3) is 4.06. The first-order valence-corrected chi connectivity index (χ1v) is 6.89. The van der Waals surface area contributed by atoms with Crippen LogP contribution in [0.25, 0.3) is 0 Å². The molecule has 0 spiro atoms. The van der Waals surface area contributed by atoms with Crippen LogP contribution >= 0.6 is 0 Å². The molecule has 1 N–H and O–H groups in total. The number of hydrogen-bond acceptors (Lipinski definition) is 2. The molecule has 2 rings (SSSR count). The SMILES string of the molecule is CC(C)(C)CC1OCCCC1CNC1CC1. The van der Waals surface area contributed by atoms with E-state index in [0.717, 1.165) is 18.6 Å². The first-order chi connectivity index (χ1) is 7.54. The van der Waals surface area contributed by atoms with Gasteiger partial charge in [-0.05, 0) is 43.4 Å². The predicted molar refractivity (Wildman–Crippen MR) is 67.6 cm³/mol. The van der Waals surface area contributed by atoms with Gasteiger partial charge in [-0.3, -0.25) is 0 Å². The number of hydrogen-bond donors (Lipinski definition) is 1. The summed E-state index contributed by atoms with van der Waals surface area (Å²) in [7, 11) is 0. The van der Waals surface area contributed by atoms with Crippen molar-refractivity contribution in [2.75, 3.05) is 13.2 Å². The molecule has 0 aromatic heterocycles. The molecule has 1 aliphatic carbocycles. The summed E-state index contributed by atoms with van der Waals surface area (Å²) >= 11 is 0. The topological polar surface area (TPSA) is 21.3 Å². The molecule has 16 heavy (non-hydrogen) atoms. The van der Waals surface area contributed by atoms with Crippen molar-refractivity contribution in [3.63, 3.8) is 0 Å². The van der Waals surface area contributed by atoms with E-state index in [4.69, 9.17) is 4.74 Å². The lowest BCUT2D eigenvalue weighted by atomic mass is 9.82. The maximum Gasteiger partial charge on any atom is 0.0620 e. The summed E-state index contributed by atoms with van der Waals surface area (Å²) in [6.45, 7) is 9.09. The minimum Gasteiger partial charge on any atom is -0.378 e. The fourth-order valence-corrected chi connectivity index (χ4v) is 2.57. The zero-order chi connectivity index (χ0) is 11.6. The molecule has 1 heterocycles. The van der Waals surface area contributed by atoms with Crippen molar-refractivity contribution in [2.24, 2.45) is 11.3 Å². The molecule has 2 unspecified atom stereocenters. The van der Waals surface area contributed by atoms with Gasteiger partial charge in [-0.1, -0.05) is 20.8 Å². The molecule has 0 bridgehead atoms. The van der Waals surface area contributed by atoms with E-state index >= 15 is 0 Å². The van der Waals surface area contributed by atoms with Crippen molar-refractivity contribution in [3.8, 4) is 0 Å². The summed E-state index contributed by atoms with van der Waals surface area (Å²) in [5.74, 6) is 0.744. The molecule has 0 amide bonds. The lowest BCUT2D eigenvalue weighted by Crippen LogP contribution is -2.39. The lowest BCUT2D eigenvalue weighted by molar-refractivity contribution is -0.0460. The minimum absolute atomic E-state index is 0.389. The molecule has 94 valence electrons. The smallest absolute Gasteiger partial charge is 0.0620 e. The van der Waals surface area contributed by atoms with Crippen molar-refractivity contribution >= 4 is 0 Å². The molecule has 0 aromatic rings. The Morgan fingerprint density at radius 2 is 1.94 bits per heavy atom. The largest absolute Gasteiger partial charge is 0.378 e. The van der Waals surface area contributed by atoms with Crippen LogP contribution in [0.5, 0.6) is 0 Å². The Bertz CT molecular complexity index is 217. The van der Waals surface area contributed by atoms with Crippen molar-refractivity contribution in [3.05, 3.63) is 0 Å². The molecular formula is C14H27NO. The Kier molecular flexibility index (Phi) is 3.91. The van der Waals surface area contributed by atoms with Crippen LogP contribution in [-0.4, -0.2) is 25.3 Å². The van der Waals surface area contributed by atoms with E-state index in [1.165, 1.54) is 38.6 Å². The Morgan fingerprint density at radius 3 is 2.56 bits per heavy atom. The van der Waals surface area contributed by atoms with Gasteiger partial charge in [-0.2, -0.15) is 0 Å². The average molecular weight is 225 g/mol. The molecule has 2 nitrogen and oxygen atoms in total. The summed E-state index contributed by atoms with van der Waals surface area (Å²) < 4.78 is 5.98. The molecule has 1 aliphatic heterocycles. The number of rotatable bonds is 4. The van der Waals surface area contributed by atoms with E-state index in [1.54, 1.807) is 0 Å². The maximum atomic E-state index is 5.98. The van der Waals surface area contributed by atoms with Gasteiger partial charge in [-0.25, -0.2) is 0 Å². The monoisotopic (exact) mass is 225 g/mol. The van der Waals surface area contributed by atoms with Crippen molar-refractivity contribution in [1.29, 1.82) is 0 Å². The van der Waals surface area contributed by atoms with Gasteiger partial charge in [-0.15, -0.1) is 0 Å². The Balaban J connectivity index is 1.80. The average Bonchev–Trinajstić information content (AvgIpc) is 2.98. The molecular weight excluding hydrogens is 198 g/mol. The first-order valence-electron chi connectivity index (χ1n) is 6.89. The summed E-state index contributed by atoms with van der Waals surface area (Å²) in [5, 5.41) is 3.66. The van der Waals surface area contributed by atoms with Crippen LogP contribution in [0.2, 0.25) is 0 Å². The minimum atomic E-state index is 0.389. The molecule has 2 fully saturated rings. The highest BCUT2D eigenvalue weighted by atomic mass is 16.5. The van der Waals surface area contributed by atoms with Gasteiger partial charge in [0.2, 0.25) is 0 Å². The molecule has 0 aromatic carbocycles. The van der Waals surface area contributed by atoms with E-state index in [-0.39, 0.29) is 0 Å². The van der Waals surface area contributed by atoms with Gasteiger partial charge in [0.15, 0.2) is 0 Å². The molecule has 0 radical (unpaired) electrons. The van der Waals surface area contributed by atoms with E-state index in [1.807, 2.05) is 0 Å². The normalized spacial score (nSPS) is 31.7. The van der Waals surface area contributed by atoms with E-state index in [2.05, 4.69) is 26.1 Å². The molecule has 2 aliphatic rings. The fraction of sp³-hybridized carbons (Fsp3) is 1.00. The van der Waals surface area contributed by atoms with Crippen LogP contribution in [0.4, 0.5) is 0 Å². The van der Waals surface area contributed by atoms with Crippen LogP contribution in [0.1, 0.15) is 52.9 Å². The number of nitrogens with one attached hydrogen (secondary N) is 1. The second kappa shape index (κ2) is 5.05. The van der Waals surface area contributed by atoms with Crippen molar-refractivity contribution in [2.45, 2.75) is 65.0 Å². The molecule has 1 saturated carbocycles. The van der Waals surface area contributed by atoms with Crippen LogP contribution in [0.15, 0.2) is 0 Å². The van der Waals surface area contributed by atoms with Crippen molar-refractivity contribution < 1.29 is 4.74 Å². The maximum absolute atomic E-state index is 5.98. The number of ether oxygens (including phenoxy) is 1. The Hall–Kier alpha value is -0.0800. The van der Waals surface area contributed by atoms with Crippen LogP contribution in [0.3, 0.4) is 0 Å². The molecule has 2 heteroatoms. The second-order valence-corrected chi connectivity index (χ2v) is 6.76. The van der Waals surface area contributed by atoms with Crippen LogP contribution < -0.4 is 5.32 Å². The highest BCUT2D eigenvalue weighted by molar-refractivity contribution is 4.85. The van der Waals surface area contributed by atoms with Gasteiger partial charge in [0.1, 0.15) is 0 Å². The van der Waals surface area contributed by atoms with Gasteiger partial charge in [0.05, 0.1) is 6.10 Å². The van der Waals surface area contributed by atoms with Crippen molar-refractivity contribution in [1.82, 2.24) is 5.32 Å². The third-order valence-electron chi connectivity index (χ3n) is 3.64. The summed E-state index contributed by atoms with van der Waals surface area (Å²) in [5.41, 5.74) is 0.389. The highest BCUT2D eigenvalue weighted by Gasteiger charge is 2.31. The summed E-state index contributed by atoms with van der Waals surface area (Å²) in [6.07, 6.45) is 7.05. The van der Waals surface area contributed by atoms with Gasteiger partial charge < -0.3 is 10.1 Å². The zero-order valence-corrected chi connectivity index (χ0v) is 11.1. The highest BCUT2D eigenvalue weighted by Crippen LogP contribution is 2.31. The van der Waals surface area contributed by atoms with Crippen LogP contribution in [-0.2, 0) is 4.74 Å². The molecule has 1 saturated heterocycles. The predicted octanol–water partition coefficient (Wildman–Crippen LogP) is 2.97. The standard InChI is InChI=1S/C14H27NO/c1-14(2,3)9-13-11(5-4-8-16-13)10-15-12-6-7-12/h11-13,15H,4-10H2,1-3H3. The first kappa shape index (κ1) is 12.4. The zero-order valence-electron chi connectivity index (χ0n) is 11.1. The Morgan fingerprint density at radius 1 is 1.19 bits per heavy atom. The lowest BCUT2D eigenvalue weighted by Gasteiger charge is -2.36. The fourth-order valence-electron chi connectivity index (χ4n) is 2.57. The van der Waals surface area contributed by atoms with Gasteiger partial charge in [0, 0.05) is 19.2 Å². The van der Waals surface area contributed by atoms with E-state index in [9.17, 15) is 0 Å². The van der Waals surface area contributed by atoms with Crippen LogP contribution in [0, 0.1) is 11.3 Å². The van der Waals surface area contributed by atoms with E-state index in [0.29, 0.717) is 11.5 Å². The molecule has 2 atom stereocenters. The van der Waals surface area contributed by atoms with Gasteiger partial charge >= 0.3 is 0 Å². The second-order valence-electron chi connectivity index (χ2n) is 6.76. The quantitative estimate of drug-likeness (QED) is 0.794.